The van der Waals surface area contributed by atoms with Gasteiger partial charge in [-0.25, -0.2) is 9.78 Å². The molecule has 1 heterocycles. The van der Waals surface area contributed by atoms with Crippen molar-refractivity contribution in [2.24, 2.45) is 5.73 Å². The molecule has 0 saturated carbocycles. The summed E-state index contributed by atoms with van der Waals surface area (Å²) >= 11 is 1.45. The quantitative estimate of drug-likeness (QED) is 0.628. The van der Waals surface area contributed by atoms with Crippen molar-refractivity contribution in [1.29, 1.82) is 0 Å². The SMILES string of the molecule is NCCc1nc(C(=O)OCCCc2ccccc2)cs1. The van der Waals surface area contributed by atoms with Gasteiger partial charge in [0, 0.05) is 11.8 Å². The van der Waals surface area contributed by atoms with E-state index >= 15 is 0 Å². The third kappa shape index (κ3) is 4.43. The van der Waals surface area contributed by atoms with Gasteiger partial charge < -0.3 is 10.5 Å². The highest BCUT2D eigenvalue weighted by Crippen LogP contribution is 2.11. The van der Waals surface area contributed by atoms with Gasteiger partial charge in [0.15, 0.2) is 5.69 Å². The molecule has 1 aromatic carbocycles. The van der Waals surface area contributed by atoms with Gasteiger partial charge in [-0.1, -0.05) is 30.3 Å². The predicted octanol–water partition coefficient (Wildman–Crippen LogP) is 2.43. The van der Waals surface area contributed by atoms with Gasteiger partial charge >= 0.3 is 5.97 Å². The number of hydrogen-bond acceptors (Lipinski definition) is 5. The molecule has 2 N–H and O–H groups in total. The minimum Gasteiger partial charge on any atom is -0.461 e. The van der Waals surface area contributed by atoms with E-state index in [2.05, 4.69) is 17.1 Å². The van der Waals surface area contributed by atoms with Gasteiger partial charge in [0.2, 0.25) is 0 Å². The summed E-state index contributed by atoms with van der Waals surface area (Å²) < 4.78 is 5.22. The molecular formula is C15H18N2O2S. The summed E-state index contributed by atoms with van der Waals surface area (Å²) in [6.45, 7) is 0.955. The van der Waals surface area contributed by atoms with Gasteiger partial charge in [-0.3, -0.25) is 0 Å². The van der Waals surface area contributed by atoms with Gasteiger partial charge in [-0.05, 0) is 24.9 Å². The van der Waals surface area contributed by atoms with Crippen LogP contribution in [0, 0.1) is 0 Å². The fourth-order valence-electron chi connectivity index (χ4n) is 1.80. The summed E-state index contributed by atoms with van der Waals surface area (Å²) in [4.78, 5) is 16.0. The first-order chi connectivity index (χ1) is 9.79. The molecule has 106 valence electrons. The standard InChI is InChI=1S/C15H18N2O2S/c16-9-8-14-17-13(11-20-14)15(18)19-10-4-7-12-5-2-1-3-6-12/h1-3,5-6,11H,4,7-10,16H2. The molecule has 0 bridgehead atoms. The molecule has 20 heavy (non-hydrogen) atoms. The zero-order valence-electron chi connectivity index (χ0n) is 11.2. The summed E-state index contributed by atoms with van der Waals surface area (Å²) in [7, 11) is 0. The van der Waals surface area contributed by atoms with Crippen LogP contribution in [0.4, 0.5) is 0 Å². The van der Waals surface area contributed by atoms with Gasteiger partial charge in [-0.2, -0.15) is 0 Å². The van der Waals surface area contributed by atoms with Crippen molar-refractivity contribution in [3.63, 3.8) is 0 Å². The lowest BCUT2D eigenvalue weighted by molar-refractivity contribution is 0.0494. The Balaban J connectivity index is 1.72. The number of aryl methyl sites for hydroxylation is 1. The van der Waals surface area contributed by atoms with Crippen molar-refractivity contribution in [3.8, 4) is 0 Å². The number of carbonyl (C=O) groups excluding carboxylic acids is 1. The number of thiazole rings is 1. The van der Waals surface area contributed by atoms with Crippen LogP contribution in [0.15, 0.2) is 35.7 Å². The second kappa shape index (κ2) is 7.77. The maximum absolute atomic E-state index is 11.8. The van der Waals surface area contributed by atoms with Crippen molar-refractivity contribution in [2.45, 2.75) is 19.3 Å². The number of benzene rings is 1. The third-order valence-electron chi connectivity index (χ3n) is 2.80. The molecule has 0 aliphatic carbocycles. The smallest absolute Gasteiger partial charge is 0.357 e. The van der Waals surface area contributed by atoms with Crippen molar-refractivity contribution in [3.05, 3.63) is 52.0 Å². The summed E-state index contributed by atoms with van der Waals surface area (Å²) in [6.07, 6.45) is 2.42. The van der Waals surface area contributed by atoms with Crippen molar-refractivity contribution >= 4 is 17.3 Å². The monoisotopic (exact) mass is 290 g/mol. The Labute approximate surface area is 122 Å². The molecule has 0 spiro atoms. The van der Waals surface area contributed by atoms with Gasteiger partial charge in [0.1, 0.15) is 0 Å². The number of carbonyl (C=O) groups is 1. The molecule has 2 aromatic rings. The molecule has 0 amide bonds. The van der Waals surface area contributed by atoms with Gasteiger partial charge in [-0.15, -0.1) is 11.3 Å². The fraction of sp³-hybridized carbons (Fsp3) is 0.333. The van der Waals surface area contributed by atoms with E-state index in [1.54, 1.807) is 5.38 Å². The highest BCUT2D eigenvalue weighted by molar-refractivity contribution is 7.09. The Morgan fingerprint density at radius 2 is 2.05 bits per heavy atom. The second-order valence-corrected chi connectivity index (χ2v) is 5.33. The first-order valence-electron chi connectivity index (χ1n) is 6.65. The van der Waals surface area contributed by atoms with Crippen LogP contribution >= 0.6 is 11.3 Å². The number of aromatic nitrogens is 1. The van der Waals surface area contributed by atoms with E-state index in [4.69, 9.17) is 10.5 Å². The zero-order chi connectivity index (χ0) is 14.2. The normalized spacial score (nSPS) is 10.4. The number of nitrogens with zero attached hydrogens (tertiary/aromatic N) is 1. The van der Waals surface area contributed by atoms with Crippen LogP contribution in [-0.4, -0.2) is 24.1 Å². The molecular weight excluding hydrogens is 272 g/mol. The third-order valence-corrected chi connectivity index (χ3v) is 3.71. The van der Waals surface area contributed by atoms with Crippen molar-refractivity contribution in [2.75, 3.05) is 13.2 Å². The van der Waals surface area contributed by atoms with E-state index in [-0.39, 0.29) is 5.97 Å². The predicted molar refractivity (Wildman–Crippen MR) is 79.9 cm³/mol. The lowest BCUT2D eigenvalue weighted by Gasteiger charge is -2.03. The second-order valence-electron chi connectivity index (χ2n) is 4.39. The van der Waals surface area contributed by atoms with Crippen LogP contribution in [-0.2, 0) is 17.6 Å². The topological polar surface area (TPSA) is 65.2 Å². The zero-order valence-corrected chi connectivity index (χ0v) is 12.1. The highest BCUT2D eigenvalue weighted by atomic mass is 32.1. The summed E-state index contributed by atoms with van der Waals surface area (Å²) in [5, 5.41) is 2.61. The van der Waals surface area contributed by atoms with E-state index in [0.29, 0.717) is 25.3 Å². The lowest BCUT2D eigenvalue weighted by Crippen LogP contribution is -2.08. The molecule has 0 atom stereocenters. The lowest BCUT2D eigenvalue weighted by atomic mass is 10.1. The van der Waals surface area contributed by atoms with E-state index in [0.717, 1.165) is 17.8 Å². The van der Waals surface area contributed by atoms with Crippen LogP contribution in [0.25, 0.3) is 0 Å². The Morgan fingerprint density at radius 1 is 1.25 bits per heavy atom. The summed E-state index contributed by atoms with van der Waals surface area (Å²) in [6, 6.07) is 10.2. The molecule has 0 fully saturated rings. The molecule has 4 nitrogen and oxygen atoms in total. The Bertz CT molecular complexity index is 540. The van der Waals surface area contributed by atoms with E-state index in [1.165, 1.54) is 16.9 Å². The van der Waals surface area contributed by atoms with Gasteiger partial charge in [0.25, 0.3) is 0 Å². The van der Waals surface area contributed by atoms with Gasteiger partial charge in [0.05, 0.1) is 11.6 Å². The molecule has 2 rings (SSSR count). The van der Waals surface area contributed by atoms with Crippen LogP contribution in [0.1, 0.15) is 27.5 Å². The minimum absolute atomic E-state index is 0.349. The van der Waals surface area contributed by atoms with E-state index in [1.807, 2.05) is 18.2 Å². The molecule has 0 radical (unpaired) electrons. The number of nitrogens with two attached hydrogens (primary N) is 1. The number of esters is 1. The Hall–Kier alpha value is -1.72. The Morgan fingerprint density at radius 3 is 2.80 bits per heavy atom. The average Bonchev–Trinajstić information content (AvgIpc) is 2.94. The van der Waals surface area contributed by atoms with Crippen molar-refractivity contribution in [1.82, 2.24) is 4.98 Å². The van der Waals surface area contributed by atoms with E-state index in [9.17, 15) is 4.79 Å². The molecule has 1 aromatic heterocycles. The molecule has 0 unspecified atom stereocenters. The maximum atomic E-state index is 11.8. The van der Waals surface area contributed by atoms with Crippen LogP contribution in [0.2, 0.25) is 0 Å². The fourth-order valence-corrected chi connectivity index (χ4v) is 2.59. The molecule has 0 aliphatic heterocycles. The number of rotatable bonds is 7. The summed E-state index contributed by atoms with van der Waals surface area (Å²) in [5.74, 6) is -0.349. The largest absolute Gasteiger partial charge is 0.461 e. The molecule has 0 saturated heterocycles. The number of hydrogen-bond donors (Lipinski definition) is 1. The van der Waals surface area contributed by atoms with Crippen LogP contribution in [0.3, 0.4) is 0 Å². The van der Waals surface area contributed by atoms with Crippen LogP contribution < -0.4 is 5.73 Å². The maximum Gasteiger partial charge on any atom is 0.357 e. The first kappa shape index (κ1) is 14.7. The number of ether oxygens (including phenoxy) is 1. The van der Waals surface area contributed by atoms with Crippen LogP contribution in [0.5, 0.6) is 0 Å². The average molecular weight is 290 g/mol. The molecule has 0 aliphatic rings. The minimum atomic E-state index is -0.349. The highest BCUT2D eigenvalue weighted by Gasteiger charge is 2.11. The van der Waals surface area contributed by atoms with Crippen molar-refractivity contribution < 1.29 is 9.53 Å². The summed E-state index contributed by atoms with van der Waals surface area (Å²) in [5.41, 5.74) is 7.09. The van der Waals surface area contributed by atoms with E-state index < -0.39 is 0 Å². The Kier molecular flexibility index (Phi) is 5.70. The first-order valence-corrected chi connectivity index (χ1v) is 7.53. The molecule has 5 heteroatoms.